The lowest BCUT2D eigenvalue weighted by molar-refractivity contribution is 0.0751. The third-order valence-corrected chi connectivity index (χ3v) is 3.24. The lowest BCUT2D eigenvalue weighted by Gasteiger charge is -2.20. The number of likely N-dealkylation sites (N-methyl/N-ethyl adjacent to an activating group) is 1. The molecule has 1 aliphatic rings. The van der Waals surface area contributed by atoms with E-state index in [1.165, 1.54) is 0 Å². The quantitative estimate of drug-likeness (QED) is 0.820. The van der Waals surface area contributed by atoms with Crippen LogP contribution in [0.4, 0.5) is 0 Å². The average molecular weight is 263 g/mol. The Morgan fingerprint density at radius 2 is 2.32 bits per heavy atom. The zero-order chi connectivity index (χ0) is 13.8. The Hall–Kier alpha value is -1.62. The SMILES string of the molecule is CN(C)CCCC1CN(C)C(=O)c2cccnc2O1. The summed E-state index contributed by atoms with van der Waals surface area (Å²) in [4.78, 5) is 20.2. The van der Waals surface area contributed by atoms with Gasteiger partial charge in [-0.25, -0.2) is 4.98 Å². The summed E-state index contributed by atoms with van der Waals surface area (Å²) in [6.07, 6.45) is 3.65. The molecule has 5 nitrogen and oxygen atoms in total. The molecule has 1 aromatic heterocycles. The minimum atomic E-state index is -0.0155. The summed E-state index contributed by atoms with van der Waals surface area (Å²) in [6, 6.07) is 3.53. The number of carbonyl (C=O) groups is 1. The lowest BCUT2D eigenvalue weighted by atomic mass is 10.2. The van der Waals surface area contributed by atoms with Crippen LogP contribution >= 0.6 is 0 Å². The van der Waals surface area contributed by atoms with E-state index in [2.05, 4.69) is 24.0 Å². The lowest BCUT2D eigenvalue weighted by Crippen LogP contribution is -2.34. The van der Waals surface area contributed by atoms with Crippen LogP contribution in [0.3, 0.4) is 0 Å². The minimum Gasteiger partial charge on any atom is -0.472 e. The summed E-state index contributed by atoms with van der Waals surface area (Å²) in [6.45, 7) is 1.63. The Bertz CT molecular complexity index is 448. The van der Waals surface area contributed by atoms with Crippen molar-refractivity contribution in [3.05, 3.63) is 23.9 Å². The molecule has 1 amide bonds. The highest BCUT2D eigenvalue weighted by Gasteiger charge is 2.26. The Morgan fingerprint density at radius 3 is 3.05 bits per heavy atom. The van der Waals surface area contributed by atoms with Crippen LogP contribution in [0.15, 0.2) is 18.3 Å². The molecule has 0 bridgehead atoms. The molecule has 1 atom stereocenters. The smallest absolute Gasteiger partial charge is 0.259 e. The van der Waals surface area contributed by atoms with Gasteiger partial charge in [-0.1, -0.05) is 0 Å². The normalized spacial score (nSPS) is 19.1. The van der Waals surface area contributed by atoms with Crippen LogP contribution in [0.1, 0.15) is 23.2 Å². The molecule has 1 aromatic rings. The number of nitrogens with zero attached hydrogens (tertiary/aromatic N) is 3. The fourth-order valence-electron chi connectivity index (χ4n) is 2.22. The first-order chi connectivity index (χ1) is 9.08. The van der Waals surface area contributed by atoms with E-state index in [0.29, 0.717) is 18.0 Å². The Labute approximate surface area is 114 Å². The van der Waals surface area contributed by atoms with Gasteiger partial charge in [-0.05, 0) is 45.6 Å². The Kier molecular flexibility index (Phi) is 4.37. The molecule has 19 heavy (non-hydrogen) atoms. The first-order valence-electron chi connectivity index (χ1n) is 6.60. The van der Waals surface area contributed by atoms with Gasteiger partial charge in [0.15, 0.2) is 0 Å². The van der Waals surface area contributed by atoms with Gasteiger partial charge in [-0.2, -0.15) is 0 Å². The maximum atomic E-state index is 12.2. The second-order valence-electron chi connectivity index (χ2n) is 5.23. The van der Waals surface area contributed by atoms with Crippen LogP contribution in [0, 0.1) is 0 Å². The number of pyridine rings is 1. The molecule has 5 heteroatoms. The standard InChI is InChI=1S/C14H21N3O2/c1-16(2)9-5-6-11-10-17(3)14(18)12-7-4-8-15-13(12)19-11/h4,7-8,11H,5-6,9-10H2,1-3H3. The van der Waals surface area contributed by atoms with Crippen molar-refractivity contribution in [3.8, 4) is 5.88 Å². The highest BCUT2D eigenvalue weighted by Crippen LogP contribution is 2.23. The highest BCUT2D eigenvalue weighted by molar-refractivity contribution is 5.96. The molecule has 0 saturated carbocycles. The molecule has 2 heterocycles. The van der Waals surface area contributed by atoms with Crippen molar-refractivity contribution >= 4 is 5.91 Å². The molecule has 0 radical (unpaired) electrons. The topological polar surface area (TPSA) is 45.7 Å². The van der Waals surface area contributed by atoms with Gasteiger partial charge in [0.05, 0.1) is 6.54 Å². The number of carbonyl (C=O) groups excluding carboxylic acids is 1. The van der Waals surface area contributed by atoms with Gasteiger partial charge in [0.25, 0.3) is 5.91 Å². The maximum absolute atomic E-state index is 12.2. The predicted octanol–water partition coefficient (Wildman–Crippen LogP) is 1.26. The van der Waals surface area contributed by atoms with Gasteiger partial charge in [0.2, 0.25) is 5.88 Å². The maximum Gasteiger partial charge on any atom is 0.259 e. The number of ether oxygens (including phenoxy) is 1. The largest absolute Gasteiger partial charge is 0.472 e. The molecule has 0 aliphatic carbocycles. The van der Waals surface area contributed by atoms with Gasteiger partial charge in [-0.3, -0.25) is 4.79 Å². The molecule has 104 valence electrons. The summed E-state index contributed by atoms with van der Waals surface area (Å²) in [7, 11) is 5.92. The van der Waals surface area contributed by atoms with E-state index < -0.39 is 0 Å². The molecular formula is C14H21N3O2. The summed E-state index contributed by atoms with van der Waals surface area (Å²) in [5.74, 6) is 0.449. The van der Waals surface area contributed by atoms with Gasteiger partial charge in [-0.15, -0.1) is 0 Å². The molecule has 0 fully saturated rings. The molecule has 0 spiro atoms. The van der Waals surface area contributed by atoms with Crippen molar-refractivity contribution in [3.63, 3.8) is 0 Å². The fraction of sp³-hybridized carbons (Fsp3) is 0.571. The molecule has 0 aromatic carbocycles. The van der Waals surface area contributed by atoms with Crippen molar-refractivity contribution < 1.29 is 9.53 Å². The Morgan fingerprint density at radius 1 is 1.53 bits per heavy atom. The summed E-state index contributed by atoms with van der Waals surface area (Å²) >= 11 is 0. The summed E-state index contributed by atoms with van der Waals surface area (Å²) in [5.41, 5.74) is 0.556. The van der Waals surface area contributed by atoms with Crippen LogP contribution in [0.2, 0.25) is 0 Å². The third kappa shape index (κ3) is 3.44. The predicted molar refractivity (Wildman–Crippen MR) is 73.4 cm³/mol. The number of amides is 1. The van der Waals surface area contributed by atoms with Crippen LogP contribution in [-0.2, 0) is 0 Å². The van der Waals surface area contributed by atoms with E-state index in [4.69, 9.17) is 4.74 Å². The molecule has 0 N–H and O–H groups in total. The van der Waals surface area contributed by atoms with E-state index >= 15 is 0 Å². The number of hydrogen-bond acceptors (Lipinski definition) is 4. The first-order valence-corrected chi connectivity index (χ1v) is 6.60. The first kappa shape index (κ1) is 13.8. The second-order valence-corrected chi connectivity index (χ2v) is 5.23. The van der Waals surface area contributed by atoms with Crippen molar-refractivity contribution in [2.75, 3.05) is 34.2 Å². The van der Waals surface area contributed by atoms with Gasteiger partial charge in [0, 0.05) is 13.2 Å². The third-order valence-electron chi connectivity index (χ3n) is 3.24. The average Bonchev–Trinajstić information content (AvgIpc) is 2.48. The van der Waals surface area contributed by atoms with E-state index in [1.54, 1.807) is 23.2 Å². The molecule has 0 saturated heterocycles. The van der Waals surface area contributed by atoms with Crippen LogP contribution in [0.25, 0.3) is 0 Å². The molecule has 1 unspecified atom stereocenters. The monoisotopic (exact) mass is 263 g/mol. The van der Waals surface area contributed by atoms with Crippen molar-refractivity contribution in [1.29, 1.82) is 0 Å². The number of hydrogen-bond donors (Lipinski definition) is 0. The minimum absolute atomic E-state index is 0.0155. The van der Waals surface area contributed by atoms with E-state index in [9.17, 15) is 4.79 Å². The van der Waals surface area contributed by atoms with Gasteiger partial charge >= 0.3 is 0 Å². The van der Waals surface area contributed by atoms with Crippen molar-refractivity contribution in [2.45, 2.75) is 18.9 Å². The van der Waals surface area contributed by atoms with Crippen molar-refractivity contribution in [1.82, 2.24) is 14.8 Å². The van der Waals surface area contributed by atoms with Gasteiger partial charge < -0.3 is 14.5 Å². The van der Waals surface area contributed by atoms with Crippen LogP contribution in [0.5, 0.6) is 5.88 Å². The molecular weight excluding hydrogens is 242 g/mol. The zero-order valence-corrected chi connectivity index (χ0v) is 11.8. The number of aromatic nitrogens is 1. The molecule has 2 rings (SSSR count). The number of fused-ring (bicyclic) bond motifs is 1. The molecule has 1 aliphatic heterocycles. The number of rotatable bonds is 4. The fourth-order valence-corrected chi connectivity index (χ4v) is 2.22. The zero-order valence-electron chi connectivity index (χ0n) is 11.8. The Balaban J connectivity index is 2.07. The second kappa shape index (κ2) is 6.02. The summed E-state index contributed by atoms with van der Waals surface area (Å²) < 4.78 is 5.89. The van der Waals surface area contributed by atoms with E-state index in [-0.39, 0.29) is 12.0 Å². The highest BCUT2D eigenvalue weighted by atomic mass is 16.5. The van der Waals surface area contributed by atoms with Crippen LogP contribution < -0.4 is 4.74 Å². The van der Waals surface area contributed by atoms with Crippen molar-refractivity contribution in [2.24, 2.45) is 0 Å². The van der Waals surface area contributed by atoms with E-state index in [1.807, 2.05) is 7.05 Å². The van der Waals surface area contributed by atoms with E-state index in [0.717, 1.165) is 19.4 Å². The summed E-state index contributed by atoms with van der Waals surface area (Å²) in [5, 5.41) is 0. The van der Waals surface area contributed by atoms with Gasteiger partial charge in [0.1, 0.15) is 11.7 Å². The van der Waals surface area contributed by atoms with Crippen LogP contribution in [-0.4, -0.2) is 61.0 Å².